The number of hydrogen-bond acceptors (Lipinski definition) is 5. The summed E-state index contributed by atoms with van der Waals surface area (Å²) in [5.41, 5.74) is 1.64. The summed E-state index contributed by atoms with van der Waals surface area (Å²) in [4.78, 5) is 22.7. The Balaban J connectivity index is 1.57. The van der Waals surface area contributed by atoms with Crippen molar-refractivity contribution in [3.05, 3.63) is 82.8 Å². The summed E-state index contributed by atoms with van der Waals surface area (Å²) < 4.78 is 0. The van der Waals surface area contributed by atoms with Gasteiger partial charge in [0, 0.05) is 22.5 Å². The maximum atomic E-state index is 12.6. The number of nitrogens with one attached hydrogen (secondary N) is 2. The van der Waals surface area contributed by atoms with E-state index >= 15 is 0 Å². The summed E-state index contributed by atoms with van der Waals surface area (Å²) in [6, 6.07) is 21.5. The van der Waals surface area contributed by atoms with Gasteiger partial charge in [-0.15, -0.1) is 11.3 Å². The molecule has 0 bridgehead atoms. The van der Waals surface area contributed by atoms with Crippen molar-refractivity contribution in [2.24, 2.45) is 0 Å². The Bertz CT molecular complexity index is 1050. The molecule has 2 aromatic heterocycles. The van der Waals surface area contributed by atoms with Crippen LogP contribution in [0, 0.1) is 0 Å². The van der Waals surface area contributed by atoms with Gasteiger partial charge >= 0.3 is 0 Å². The van der Waals surface area contributed by atoms with E-state index in [1.807, 2.05) is 66.0 Å². The Morgan fingerprint density at radius 2 is 1.74 bits per heavy atom. The van der Waals surface area contributed by atoms with Gasteiger partial charge in [-0.2, -0.15) is 0 Å². The lowest BCUT2D eigenvalue weighted by molar-refractivity contribution is 0.0944. The molecule has 0 unspecified atom stereocenters. The highest BCUT2D eigenvalue weighted by molar-refractivity contribution is 7.09. The number of rotatable bonds is 6. The Morgan fingerprint density at radius 3 is 2.56 bits per heavy atom. The standard InChI is InChI=1S/C21H18N4OS/c26-21(22-13-12-16-9-6-14-27-16)20-24-18-11-5-4-10-17(18)19(25-20)23-15-7-2-1-3-8-15/h1-11,14H,12-13H2,(H,22,26)(H,23,24,25). The van der Waals surface area contributed by atoms with Gasteiger partial charge in [0.1, 0.15) is 5.82 Å². The molecule has 0 fully saturated rings. The van der Waals surface area contributed by atoms with Gasteiger partial charge in [-0.05, 0) is 42.1 Å². The molecule has 0 aliphatic carbocycles. The number of aromatic nitrogens is 2. The third-order valence-electron chi connectivity index (χ3n) is 4.08. The van der Waals surface area contributed by atoms with Crippen LogP contribution in [0.5, 0.6) is 0 Å². The van der Waals surface area contributed by atoms with E-state index in [-0.39, 0.29) is 11.7 Å². The van der Waals surface area contributed by atoms with Crippen LogP contribution in [-0.4, -0.2) is 22.4 Å². The highest BCUT2D eigenvalue weighted by atomic mass is 32.1. The number of carbonyl (C=O) groups is 1. The van der Waals surface area contributed by atoms with Gasteiger partial charge in [0.05, 0.1) is 5.52 Å². The Morgan fingerprint density at radius 1 is 0.926 bits per heavy atom. The maximum absolute atomic E-state index is 12.6. The van der Waals surface area contributed by atoms with Gasteiger partial charge in [-0.25, -0.2) is 9.97 Å². The minimum atomic E-state index is -0.270. The van der Waals surface area contributed by atoms with Crippen molar-refractivity contribution in [1.82, 2.24) is 15.3 Å². The molecule has 4 rings (SSSR count). The molecular weight excluding hydrogens is 356 g/mol. The lowest BCUT2D eigenvalue weighted by Crippen LogP contribution is -2.27. The Hall–Kier alpha value is -3.25. The van der Waals surface area contributed by atoms with Crippen molar-refractivity contribution in [3.8, 4) is 0 Å². The summed E-state index contributed by atoms with van der Waals surface area (Å²) >= 11 is 1.68. The summed E-state index contributed by atoms with van der Waals surface area (Å²) in [6.45, 7) is 0.553. The predicted octanol–water partition coefficient (Wildman–Crippen LogP) is 4.41. The van der Waals surface area contributed by atoms with Crippen LogP contribution in [0.2, 0.25) is 0 Å². The first-order chi connectivity index (χ1) is 13.3. The number of para-hydroxylation sites is 2. The highest BCUT2D eigenvalue weighted by Crippen LogP contribution is 2.23. The molecule has 0 radical (unpaired) electrons. The largest absolute Gasteiger partial charge is 0.349 e. The van der Waals surface area contributed by atoms with Crippen molar-refractivity contribution >= 4 is 39.7 Å². The fraction of sp³-hybridized carbons (Fsp3) is 0.0952. The van der Waals surface area contributed by atoms with Gasteiger partial charge in [0.2, 0.25) is 5.82 Å². The minimum absolute atomic E-state index is 0.165. The van der Waals surface area contributed by atoms with E-state index in [4.69, 9.17) is 0 Å². The number of anilines is 2. The number of hydrogen-bond donors (Lipinski definition) is 2. The SMILES string of the molecule is O=C(NCCc1cccs1)c1nc(Nc2ccccc2)c2ccccc2n1. The average molecular weight is 374 g/mol. The number of benzene rings is 2. The van der Waals surface area contributed by atoms with Crippen molar-refractivity contribution in [1.29, 1.82) is 0 Å². The van der Waals surface area contributed by atoms with Crippen LogP contribution in [0.25, 0.3) is 10.9 Å². The van der Waals surface area contributed by atoms with Gasteiger partial charge in [-0.1, -0.05) is 36.4 Å². The van der Waals surface area contributed by atoms with Crippen LogP contribution in [-0.2, 0) is 6.42 Å². The number of amides is 1. The quantitative estimate of drug-likeness (QED) is 0.525. The zero-order valence-electron chi connectivity index (χ0n) is 14.6. The summed E-state index contributed by atoms with van der Waals surface area (Å²) in [6.07, 6.45) is 0.798. The summed E-state index contributed by atoms with van der Waals surface area (Å²) in [7, 11) is 0. The third kappa shape index (κ3) is 4.12. The minimum Gasteiger partial charge on any atom is -0.349 e. The molecule has 0 aliphatic heterocycles. The van der Waals surface area contributed by atoms with Crippen molar-refractivity contribution < 1.29 is 4.79 Å². The normalized spacial score (nSPS) is 10.7. The summed E-state index contributed by atoms with van der Waals surface area (Å²) in [5, 5.41) is 9.10. The van der Waals surface area contributed by atoms with Crippen molar-refractivity contribution in [2.45, 2.75) is 6.42 Å². The zero-order chi connectivity index (χ0) is 18.5. The van der Waals surface area contributed by atoms with Crippen molar-refractivity contribution in [3.63, 3.8) is 0 Å². The van der Waals surface area contributed by atoms with Gasteiger partial charge in [0.25, 0.3) is 5.91 Å². The van der Waals surface area contributed by atoms with Gasteiger partial charge in [0.15, 0.2) is 0 Å². The van der Waals surface area contributed by atoms with E-state index < -0.39 is 0 Å². The van der Waals surface area contributed by atoms with Crippen molar-refractivity contribution in [2.75, 3.05) is 11.9 Å². The van der Waals surface area contributed by atoms with Gasteiger partial charge < -0.3 is 10.6 Å². The topological polar surface area (TPSA) is 66.9 Å². The molecule has 4 aromatic rings. The molecule has 5 nitrogen and oxygen atoms in total. The second-order valence-electron chi connectivity index (χ2n) is 5.99. The van der Waals surface area contributed by atoms with Crippen LogP contribution < -0.4 is 10.6 Å². The number of fused-ring (bicyclic) bond motifs is 1. The maximum Gasteiger partial charge on any atom is 0.289 e. The number of carbonyl (C=O) groups excluding carboxylic acids is 1. The fourth-order valence-electron chi connectivity index (χ4n) is 2.76. The molecule has 0 aliphatic rings. The van der Waals surface area contributed by atoms with E-state index in [2.05, 4.69) is 26.7 Å². The number of thiophene rings is 1. The number of nitrogens with zero attached hydrogens (tertiary/aromatic N) is 2. The Labute approximate surface area is 161 Å². The van der Waals surface area contributed by atoms with E-state index in [1.165, 1.54) is 4.88 Å². The molecule has 2 aromatic carbocycles. The molecule has 0 spiro atoms. The first-order valence-corrected chi connectivity index (χ1v) is 9.57. The lowest BCUT2D eigenvalue weighted by atomic mass is 10.2. The van der Waals surface area contributed by atoms with E-state index in [9.17, 15) is 4.79 Å². The zero-order valence-corrected chi connectivity index (χ0v) is 15.4. The van der Waals surface area contributed by atoms with Crippen LogP contribution in [0.15, 0.2) is 72.1 Å². The molecular formula is C21H18N4OS. The van der Waals surface area contributed by atoms with Gasteiger partial charge in [-0.3, -0.25) is 4.79 Å². The highest BCUT2D eigenvalue weighted by Gasteiger charge is 2.14. The monoisotopic (exact) mass is 374 g/mol. The third-order valence-corrected chi connectivity index (χ3v) is 5.02. The molecule has 27 heavy (non-hydrogen) atoms. The molecule has 2 heterocycles. The van der Waals surface area contributed by atoms with E-state index in [0.717, 1.165) is 23.0 Å². The Kier molecular flexibility index (Phi) is 5.07. The van der Waals surface area contributed by atoms with Crippen LogP contribution in [0.4, 0.5) is 11.5 Å². The first kappa shape index (κ1) is 17.2. The van der Waals surface area contributed by atoms with E-state index in [0.29, 0.717) is 12.4 Å². The smallest absolute Gasteiger partial charge is 0.289 e. The molecule has 0 atom stereocenters. The van der Waals surface area contributed by atoms with Crippen LogP contribution >= 0.6 is 11.3 Å². The molecule has 1 amide bonds. The van der Waals surface area contributed by atoms with E-state index in [1.54, 1.807) is 11.3 Å². The molecule has 2 N–H and O–H groups in total. The lowest BCUT2D eigenvalue weighted by Gasteiger charge is -2.11. The summed E-state index contributed by atoms with van der Waals surface area (Å²) in [5.74, 6) is 0.516. The molecule has 6 heteroatoms. The predicted molar refractivity (Wildman–Crippen MR) is 110 cm³/mol. The average Bonchev–Trinajstić information content (AvgIpc) is 3.22. The second-order valence-corrected chi connectivity index (χ2v) is 7.02. The van der Waals surface area contributed by atoms with Crippen LogP contribution in [0.1, 0.15) is 15.5 Å². The first-order valence-electron chi connectivity index (χ1n) is 8.69. The molecule has 0 saturated heterocycles. The fourth-order valence-corrected chi connectivity index (χ4v) is 3.47. The molecule has 0 saturated carbocycles. The molecule has 134 valence electrons. The van der Waals surface area contributed by atoms with Crippen LogP contribution in [0.3, 0.4) is 0 Å². The second kappa shape index (κ2) is 7.97.